The van der Waals surface area contributed by atoms with Crippen LogP contribution in [0.2, 0.25) is 0 Å². The van der Waals surface area contributed by atoms with Crippen molar-refractivity contribution in [3.8, 4) is 11.5 Å². The third kappa shape index (κ3) is 7.92. The minimum absolute atomic E-state index is 0.00196. The van der Waals surface area contributed by atoms with Gasteiger partial charge in [-0.3, -0.25) is 9.59 Å². The van der Waals surface area contributed by atoms with Crippen LogP contribution < -0.4 is 14.8 Å². The van der Waals surface area contributed by atoms with Crippen LogP contribution in [-0.4, -0.2) is 61.6 Å². The van der Waals surface area contributed by atoms with Crippen LogP contribution in [0, 0.1) is 5.92 Å². The molecule has 1 saturated heterocycles. The van der Waals surface area contributed by atoms with Crippen LogP contribution in [0.25, 0.3) is 0 Å². The summed E-state index contributed by atoms with van der Waals surface area (Å²) >= 11 is 0. The van der Waals surface area contributed by atoms with E-state index in [0.717, 1.165) is 12.8 Å². The molecule has 4 atom stereocenters. The SMILES string of the molecule is CCOC1C(Cc2ccccc2)CCCC(NC(=O)c2nccc(OC)c2OCOC(C)=O)C(=O)OC1C. The molecule has 3 rings (SSSR count). The van der Waals surface area contributed by atoms with Crippen molar-refractivity contribution in [2.75, 3.05) is 20.5 Å². The Morgan fingerprint density at radius 2 is 1.92 bits per heavy atom. The first kappa shape index (κ1) is 28.9. The van der Waals surface area contributed by atoms with E-state index in [1.54, 1.807) is 0 Å². The summed E-state index contributed by atoms with van der Waals surface area (Å²) in [6.45, 7) is 5.05. The third-order valence-corrected chi connectivity index (χ3v) is 6.36. The molecule has 2 heterocycles. The Kier molecular flexibility index (Phi) is 10.9. The highest BCUT2D eigenvalue weighted by atomic mass is 16.7. The van der Waals surface area contributed by atoms with E-state index in [4.69, 9.17) is 23.7 Å². The molecule has 1 amide bonds. The zero-order valence-corrected chi connectivity index (χ0v) is 22.3. The first-order valence-corrected chi connectivity index (χ1v) is 12.8. The van der Waals surface area contributed by atoms with Crippen molar-refractivity contribution in [2.24, 2.45) is 5.92 Å². The van der Waals surface area contributed by atoms with Gasteiger partial charge in [-0.25, -0.2) is 9.78 Å². The molecule has 1 N–H and O–H groups in total. The molecule has 0 saturated carbocycles. The maximum absolute atomic E-state index is 13.2. The highest BCUT2D eigenvalue weighted by Crippen LogP contribution is 2.30. The Hall–Kier alpha value is -3.66. The number of carbonyl (C=O) groups excluding carboxylic acids is 3. The van der Waals surface area contributed by atoms with Gasteiger partial charge in [-0.1, -0.05) is 36.8 Å². The molecule has 38 heavy (non-hydrogen) atoms. The number of esters is 2. The van der Waals surface area contributed by atoms with Crippen LogP contribution in [0.1, 0.15) is 56.1 Å². The number of cyclic esters (lactones) is 1. The predicted octanol–water partition coefficient (Wildman–Crippen LogP) is 3.47. The largest absolute Gasteiger partial charge is 0.493 e. The van der Waals surface area contributed by atoms with E-state index < -0.39 is 36.8 Å². The summed E-state index contributed by atoms with van der Waals surface area (Å²) < 4.78 is 27.4. The minimum Gasteiger partial charge on any atom is -0.493 e. The van der Waals surface area contributed by atoms with Gasteiger partial charge in [-0.15, -0.1) is 0 Å². The van der Waals surface area contributed by atoms with Crippen LogP contribution >= 0.6 is 0 Å². The Labute approximate surface area is 223 Å². The monoisotopic (exact) mass is 528 g/mol. The van der Waals surface area contributed by atoms with Gasteiger partial charge in [-0.2, -0.15) is 0 Å². The Bertz CT molecular complexity index is 1080. The van der Waals surface area contributed by atoms with Crippen molar-refractivity contribution in [3.63, 3.8) is 0 Å². The predicted molar refractivity (Wildman–Crippen MR) is 138 cm³/mol. The van der Waals surface area contributed by atoms with Gasteiger partial charge < -0.3 is 29.0 Å². The summed E-state index contributed by atoms with van der Waals surface area (Å²) in [4.78, 5) is 41.6. The van der Waals surface area contributed by atoms with E-state index in [1.807, 2.05) is 32.0 Å². The third-order valence-electron chi connectivity index (χ3n) is 6.36. The number of carbonyl (C=O) groups is 3. The summed E-state index contributed by atoms with van der Waals surface area (Å²) in [6.07, 6.45) is 3.25. The zero-order valence-electron chi connectivity index (χ0n) is 22.3. The fourth-order valence-electron chi connectivity index (χ4n) is 4.60. The summed E-state index contributed by atoms with van der Waals surface area (Å²) in [5.41, 5.74) is 1.08. The smallest absolute Gasteiger partial charge is 0.329 e. The fourth-order valence-corrected chi connectivity index (χ4v) is 4.60. The number of ether oxygens (including phenoxy) is 5. The molecule has 1 fully saturated rings. The van der Waals surface area contributed by atoms with E-state index in [-0.39, 0.29) is 29.2 Å². The number of nitrogens with one attached hydrogen (secondary N) is 1. The van der Waals surface area contributed by atoms with Crippen LogP contribution in [0.3, 0.4) is 0 Å². The van der Waals surface area contributed by atoms with Crippen molar-refractivity contribution >= 4 is 17.8 Å². The van der Waals surface area contributed by atoms with Crippen LogP contribution in [-0.2, 0) is 30.2 Å². The average Bonchev–Trinajstić information content (AvgIpc) is 2.94. The normalized spacial score (nSPS) is 21.7. The quantitative estimate of drug-likeness (QED) is 0.365. The number of hydrogen-bond donors (Lipinski definition) is 1. The lowest BCUT2D eigenvalue weighted by Crippen LogP contribution is -2.44. The molecule has 1 aliphatic heterocycles. The van der Waals surface area contributed by atoms with Gasteiger partial charge in [0.25, 0.3) is 5.91 Å². The molecule has 2 aromatic rings. The van der Waals surface area contributed by atoms with Gasteiger partial charge in [0.1, 0.15) is 12.1 Å². The molecule has 10 nitrogen and oxygen atoms in total. The van der Waals surface area contributed by atoms with Crippen LogP contribution in [0.4, 0.5) is 0 Å². The lowest BCUT2D eigenvalue weighted by atomic mass is 9.87. The second-order valence-corrected chi connectivity index (χ2v) is 9.06. The molecule has 0 radical (unpaired) electrons. The van der Waals surface area contributed by atoms with Crippen molar-refractivity contribution in [3.05, 3.63) is 53.9 Å². The molecule has 0 spiro atoms. The van der Waals surface area contributed by atoms with E-state index in [9.17, 15) is 14.4 Å². The maximum Gasteiger partial charge on any atom is 0.329 e. The fraction of sp³-hybridized carbons (Fsp3) is 0.500. The first-order valence-electron chi connectivity index (χ1n) is 12.8. The Morgan fingerprint density at radius 3 is 2.61 bits per heavy atom. The van der Waals surface area contributed by atoms with E-state index in [0.29, 0.717) is 19.4 Å². The molecule has 1 aromatic heterocycles. The summed E-state index contributed by atoms with van der Waals surface area (Å²) in [5.74, 6) is -1.36. The van der Waals surface area contributed by atoms with E-state index in [1.165, 1.54) is 31.9 Å². The van der Waals surface area contributed by atoms with Gasteiger partial charge in [0.2, 0.25) is 6.79 Å². The second-order valence-electron chi connectivity index (χ2n) is 9.06. The van der Waals surface area contributed by atoms with Gasteiger partial charge in [0.15, 0.2) is 17.2 Å². The topological polar surface area (TPSA) is 122 Å². The van der Waals surface area contributed by atoms with Crippen LogP contribution in [0.15, 0.2) is 42.6 Å². The number of benzene rings is 1. The lowest BCUT2D eigenvalue weighted by molar-refractivity contribution is -0.160. The van der Waals surface area contributed by atoms with Crippen molar-refractivity contribution in [2.45, 2.75) is 64.7 Å². The minimum atomic E-state index is -0.892. The van der Waals surface area contributed by atoms with Crippen molar-refractivity contribution < 1.29 is 38.1 Å². The number of aromatic nitrogens is 1. The number of amides is 1. The Balaban J connectivity index is 1.77. The standard InChI is InChI=1S/C28H36N2O8/c1-5-35-25-18(2)38-28(33)22(13-9-12-21(25)16-20-10-7-6-8-11-20)30-27(32)24-26(37-17-36-19(3)31)23(34-4)14-15-29-24/h6-8,10-11,14-15,18,21-22,25H,5,9,12-13,16-17H2,1-4H3,(H,30,32). The average molecular weight is 529 g/mol. The van der Waals surface area contributed by atoms with Gasteiger partial charge >= 0.3 is 11.9 Å². The molecular weight excluding hydrogens is 492 g/mol. The summed E-state index contributed by atoms with van der Waals surface area (Å²) in [5, 5.41) is 2.74. The molecular formula is C28H36N2O8. The molecule has 206 valence electrons. The first-order chi connectivity index (χ1) is 18.3. The molecule has 0 aliphatic carbocycles. The summed E-state index contributed by atoms with van der Waals surface area (Å²) in [7, 11) is 1.41. The maximum atomic E-state index is 13.2. The molecule has 1 aliphatic rings. The molecule has 10 heteroatoms. The highest BCUT2D eigenvalue weighted by Gasteiger charge is 2.35. The number of methoxy groups -OCH3 is 1. The second kappa shape index (κ2) is 14.3. The number of hydrogen-bond acceptors (Lipinski definition) is 9. The summed E-state index contributed by atoms with van der Waals surface area (Å²) in [6, 6.07) is 10.8. The Morgan fingerprint density at radius 1 is 1.16 bits per heavy atom. The number of rotatable bonds is 10. The van der Waals surface area contributed by atoms with E-state index >= 15 is 0 Å². The highest BCUT2D eigenvalue weighted by molar-refractivity contribution is 5.98. The van der Waals surface area contributed by atoms with Crippen LogP contribution in [0.5, 0.6) is 11.5 Å². The van der Waals surface area contributed by atoms with Gasteiger partial charge in [0, 0.05) is 25.8 Å². The molecule has 0 bridgehead atoms. The van der Waals surface area contributed by atoms with Crippen molar-refractivity contribution in [1.29, 1.82) is 0 Å². The van der Waals surface area contributed by atoms with Gasteiger partial charge in [0.05, 0.1) is 13.2 Å². The van der Waals surface area contributed by atoms with Gasteiger partial charge in [-0.05, 0) is 44.6 Å². The number of pyridine rings is 1. The number of nitrogens with zero attached hydrogens (tertiary/aromatic N) is 1. The molecule has 4 unspecified atom stereocenters. The van der Waals surface area contributed by atoms with Crippen molar-refractivity contribution in [1.82, 2.24) is 10.3 Å². The lowest BCUT2D eigenvalue weighted by Gasteiger charge is -2.31. The zero-order chi connectivity index (χ0) is 27.5. The molecule has 1 aromatic carbocycles. The van der Waals surface area contributed by atoms with E-state index in [2.05, 4.69) is 22.4 Å².